The molecule has 0 aliphatic heterocycles. The average Bonchev–Trinajstić information content (AvgIpc) is 2.46. The lowest BCUT2D eigenvalue weighted by Gasteiger charge is -2.14. The molecule has 0 radical (unpaired) electrons. The minimum atomic E-state index is -3.53. The van der Waals surface area contributed by atoms with E-state index in [-0.39, 0.29) is 0 Å². The molecule has 0 heterocycles. The van der Waals surface area contributed by atoms with Crippen LogP contribution in [0.5, 0.6) is 0 Å². The van der Waals surface area contributed by atoms with Crippen LogP contribution in [-0.4, -0.2) is 31.9 Å². The lowest BCUT2D eigenvalue weighted by molar-refractivity contribution is 0.0884. The van der Waals surface area contributed by atoms with Crippen molar-refractivity contribution in [3.05, 3.63) is 60.2 Å². The van der Waals surface area contributed by atoms with E-state index in [1.807, 2.05) is 30.3 Å². The number of sulfonamides is 1. The number of amides is 1. The molecule has 0 aliphatic rings. The van der Waals surface area contributed by atoms with E-state index in [9.17, 15) is 13.2 Å². The second-order valence-corrected chi connectivity index (χ2v) is 6.49. The Kier molecular flexibility index (Phi) is 3.90. The standard InChI is InChI=1S/C15H15NO3S/c1-16(20(2,18)19)15(17)14-10-8-13(9-11-14)12-6-4-3-5-7-12/h3-11H,1-2H3. The number of carbonyl (C=O) groups is 1. The summed E-state index contributed by atoms with van der Waals surface area (Å²) in [6.45, 7) is 0. The van der Waals surface area contributed by atoms with E-state index >= 15 is 0 Å². The molecule has 1 amide bonds. The maximum absolute atomic E-state index is 12.0. The van der Waals surface area contributed by atoms with E-state index in [1.165, 1.54) is 7.05 Å². The molecule has 2 aromatic carbocycles. The van der Waals surface area contributed by atoms with Gasteiger partial charge in [0.2, 0.25) is 10.0 Å². The normalized spacial score (nSPS) is 11.1. The molecule has 0 spiro atoms. The van der Waals surface area contributed by atoms with Gasteiger partial charge >= 0.3 is 0 Å². The molecule has 0 atom stereocenters. The highest BCUT2D eigenvalue weighted by Crippen LogP contribution is 2.19. The zero-order valence-corrected chi connectivity index (χ0v) is 12.1. The van der Waals surface area contributed by atoms with Gasteiger partial charge in [0.05, 0.1) is 6.26 Å². The highest BCUT2D eigenvalue weighted by molar-refractivity contribution is 7.88. The number of rotatable bonds is 3. The van der Waals surface area contributed by atoms with Crippen molar-refractivity contribution in [2.45, 2.75) is 0 Å². The molecule has 104 valence electrons. The van der Waals surface area contributed by atoms with Gasteiger partial charge in [-0.2, -0.15) is 0 Å². The third kappa shape index (κ3) is 3.05. The molecular formula is C15H15NO3S. The SMILES string of the molecule is CN(C(=O)c1ccc(-c2ccccc2)cc1)S(C)(=O)=O. The predicted molar refractivity (Wildman–Crippen MR) is 78.8 cm³/mol. The van der Waals surface area contributed by atoms with Gasteiger partial charge in [-0.1, -0.05) is 42.5 Å². The molecule has 5 heteroatoms. The topological polar surface area (TPSA) is 54.5 Å². The zero-order chi connectivity index (χ0) is 14.8. The fraction of sp³-hybridized carbons (Fsp3) is 0.133. The Morgan fingerprint density at radius 2 is 1.40 bits per heavy atom. The molecule has 0 unspecified atom stereocenters. The summed E-state index contributed by atoms with van der Waals surface area (Å²) in [5.74, 6) is -0.535. The zero-order valence-electron chi connectivity index (χ0n) is 11.3. The molecule has 4 nitrogen and oxygen atoms in total. The van der Waals surface area contributed by atoms with Gasteiger partial charge in [-0.25, -0.2) is 12.7 Å². The van der Waals surface area contributed by atoms with Crippen molar-refractivity contribution in [3.8, 4) is 11.1 Å². The number of benzene rings is 2. The predicted octanol–water partition coefficient (Wildman–Crippen LogP) is 2.39. The maximum Gasteiger partial charge on any atom is 0.267 e. The molecule has 2 aromatic rings. The second-order valence-electron chi connectivity index (χ2n) is 4.48. The van der Waals surface area contributed by atoms with E-state index < -0.39 is 15.9 Å². The monoisotopic (exact) mass is 289 g/mol. The van der Waals surface area contributed by atoms with Crippen molar-refractivity contribution < 1.29 is 13.2 Å². The third-order valence-electron chi connectivity index (χ3n) is 3.02. The van der Waals surface area contributed by atoms with Gasteiger partial charge in [0, 0.05) is 12.6 Å². The molecule has 0 fully saturated rings. The Labute approximate surface area is 118 Å². The number of hydrogen-bond acceptors (Lipinski definition) is 3. The van der Waals surface area contributed by atoms with Gasteiger partial charge in [0.1, 0.15) is 0 Å². The quantitative estimate of drug-likeness (QED) is 0.871. The van der Waals surface area contributed by atoms with Crippen LogP contribution in [0.4, 0.5) is 0 Å². The summed E-state index contributed by atoms with van der Waals surface area (Å²) in [4.78, 5) is 12.0. The largest absolute Gasteiger partial charge is 0.268 e. The van der Waals surface area contributed by atoms with Gasteiger partial charge in [-0.05, 0) is 23.3 Å². The Bertz CT molecular complexity index is 707. The van der Waals surface area contributed by atoms with Crippen LogP contribution in [0.15, 0.2) is 54.6 Å². The van der Waals surface area contributed by atoms with Crippen LogP contribution in [0.3, 0.4) is 0 Å². The summed E-state index contributed by atoms with van der Waals surface area (Å²) in [6, 6.07) is 16.6. The summed E-state index contributed by atoms with van der Waals surface area (Å²) >= 11 is 0. The van der Waals surface area contributed by atoms with Crippen molar-refractivity contribution >= 4 is 15.9 Å². The first-order valence-electron chi connectivity index (χ1n) is 6.03. The first kappa shape index (κ1) is 14.3. The van der Waals surface area contributed by atoms with Crippen molar-refractivity contribution in [3.63, 3.8) is 0 Å². The lowest BCUT2D eigenvalue weighted by Crippen LogP contribution is -2.32. The van der Waals surface area contributed by atoms with Crippen LogP contribution in [0, 0.1) is 0 Å². The number of carbonyl (C=O) groups excluding carboxylic acids is 1. The average molecular weight is 289 g/mol. The Hall–Kier alpha value is -2.14. The van der Waals surface area contributed by atoms with E-state index in [1.54, 1.807) is 24.3 Å². The van der Waals surface area contributed by atoms with Gasteiger partial charge in [-0.15, -0.1) is 0 Å². The fourth-order valence-corrected chi connectivity index (χ4v) is 2.17. The molecular weight excluding hydrogens is 274 g/mol. The molecule has 0 aliphatic carbocycles. The lowest BCUT2D eigenvalue weighted by atomic mass is 10.0. The van der Waals surface area contributed by atoms with Gasteiger partial charge in [0.15, 0.2) is 0 Å². The van der Waals surface area contributed by atoms with Crippen LogP contribution in [0.2, 0.25) is 0 Å². The molecule has 0 aromatic heterocycles. The summed E-state index contributed by atoms with van der Waals surface area (Å²) in [5, 5.41) is 0. The summed E-state index contributed by atoms with van der Waals surface area (Å²) < 4.78 is 23.4. The summed E-state index contributed by atoms with van der Waals surface area (Å²) in [5.41, 5.74) is 2.37. The number of nitrogens with zero attached hydrogens (tertiary/aromatic N) is 1. The van der Waals surface area contributed by atoms with Crippen LogP contribution in [0.1, 0.15) is 10.4 Å². The Morgan fingerprint density at radius 3 is 1.90 bits per heavy atom. The second kappa shape index (κ2) is 5.46. The molecule has 20 heavy (non-hydrogen) atoms. The summed E-state index contributed by atoms with van der Waals surface area (Å²) in [6.07, 6.45) is 1.00. The van der Waals surface area contributed by atoms with E-state index in [2.05, 4.69) is 0 Å². The molecule has 0 N–H and O–H groups in total. The first-order valence-corrected chi connectivity index (χ1v) is 7.88. The van der Waals surface area contributed by atoms with E-state index in [0.29, 0.717) is 5.56 Å². The fourth-order valence-electron chi connectivity index (χ4n) is 1.77. The Balaban J connectivity index is 2.27. The molecule has 0 saturated heterocycles. The van der Waals surface area contributed by atoms with Gasteiger partial charge in [0.25, 0.3) is 5.91 Å². The Morgan fingerprint density at radius 1 is 0.900 bits per heavy atom. The van der Waals surface area contributed by atoms with Crippen LogP contribution in [0.25, 0.3) is 11.1 Å². The molecule has 0 bridgehead atoms. The minimum Gasteiger partial charge on any atom is -0.268 e. The number of hydrogen-bond donors (Lipinski definition) is 0. The van der Waals surface area contributed by atoms with Crippen molar-refractivity contribution in [2.24, 2.45) is 0 Å². The highest BCUT2D eigenvalue weighted by atomic mass is 32.2. The van der Waals surface area contributed by atoms with E-state index in [0.717, 1.165) is 21.7 Å². The maximum atomic E-state index is 12.0. The van der Waals surface area contributed by atoms with Crippen molar-refractivity contribution in [1.29, 1.82) is 0 Å². The van der Waals surface area contributed by atoms with Crippen molar-refractivity contribution in [1.82, 2.24) is 4.31 Å². The first-order chi connectivity index (χ1) is 9.39. The van der Waals surface area contributed by atoms with Crippen LogP contribution >= 0.6 is 0 Å². The smallest absolute Gasteiger partial charge is 0.267 e. The molecule has 2 rings (SSSR count). The molecule has 0 saturated carbocycles. The van der Waals surface area contributed by atoms with Gasteiger partial charge < -0.3 is 0 Å². The minimum absolute atomic E-state index is 0.345. The van der Waals surface area contributed by atoms with Crippen LogP contribution < -0.4 is 0 Å². The van der Waals surface area contributed by atoms with Crippen LogP contribution in [-0.2, 0) is 10.0 Å². The third-order valence-corrected chi connectivity index (χ3v) is 4.18. The van der Waals surface area contributed by atoms with Crippen molar-refractivity contribution in [2.75, 3.05) is 13.3 Å². The highest BCUT2D eigenvalue weighted by Gasteiger charge is 2.19. The van der Waals surface area contributed by atoms with Gasteiger partial charge in [-0.3, -0.25) is 4.79 Å². The summed E-state index contributed by atoms with van der Waals surface area (Å²) in [7, 11) is -2.28. The van der Waals surface area contributed by atoms with E-state index in [4.69, 9.17) is 0 Å².